The predicted octanol–water partition coefficient (Wildman–Crippen LogP) is 0.0948. The number of carbonyl (C=O) groups excluding carboxylic acids is 1. The molecule has 1 unspecified atom stereocenters. The Morgan fingerprint density at radius 3 is 2.83 bits per heavy atom. The van der Waals surface area contributed by atoms with Crippen LogP contribution < -0.4 is 11.1 Å². The van der Waals surface area contributed by atoms with Gasteiger partial charge in [-0.25, -0.2) is 0 Å². The number of rotatable bonds is 4. The molecule has 1 amide bonds. The minimum Gasteiger partial charge on any atom is -0.373 e. The number of hydrogen-bond acceptors (Lipinski definition) is 4. The van der Waals surface area contributed by atoms with Crippen LogP contribution in [0.15, 0.2) is 0 Å². The molecule has 0 spiro atoms. The van der Waals surface area contributed by atoms with E-state index in [1.54, 1.807) is 0 Å². The number of nitrogens with zero attached hydrogens (tertiary/aromatic N) is 1. The van der Waals surface area contributed by atoms with Gasteiger partial charge in [0.25, 0.3) is 0 Å². The number of piperidine rings is 1. The second-order valence-corrected chi connectivity index (χ2v) is 5.79. The summed E-state index contributed by atoms with van der Waals surface area (Å²) >= 11 is 0. The predicted molar refractivity (Wildman–Crippen MR) is 70.3 cm³/mol. The third-order valence-electron chi connectivity index (χ3n) is 3.96. The molecule has 0 bridgehead atoms. The molecule has 2 fully saturated rings. The van der Waals surface area contributed by atoms with Crippen molar-refractivity contribution in [3.63, 3.8) is 0 Å². The normalized spacial score (nSPS) is 30.6. The molecule has 3 N–H and O–H groups in total. The van der Waals surface area contributed by atoms with Crippen LogP contribution in [0.4, 0.5) is 0 Å². The Kier molecular flexibility index (Phi) is 4.59. The molecule has 0 radical (unpaired) electrons. The van der Waals surface area contributed by atoms with E-state index in [1.807, 2.05) is 0 Å². The van der Waals surface area contributed by atoms with E-state index in [2.05, 4.69) is 17.1 Å². The first-order chi connectivity index (χ1) is 8.57. The average molecular weight is 255 g/mol. The fourth-order valence-electron chi connectivity index (χ4n) is 2.63. The van der Waals surface area contributed by atoms with Crippen molar-refractivity contribution in [3.8, 4) is 0 Å². The van der Waals surface area contributed by atoms with Crippen molar-refractivity contribution in [1.82, 2.24) is 10.2 Å². The van der Waals surface area contributed by atoms with Gasteiger partial charge in [0.15, 0.2) is 0 Å². The molecule has 2 rings (SSSR count). The molecule has 5 nitrogen and oxygen atoms in total. The van der Waals surface area contributed by atoms with Crippen LogP contribution in [0.1, 0.15) is 32.6 Å². The maximum absolute atomic E-state index is 11.9. The van der Waals surface area contributed by atoms with Crippen LogP contribution in [0.3, 0.4) is 0 Å². The van der Waals surface area contributed by atoms with Gasteiger partial charge in [0, 0.05) is 32.3 Å². The molecule has 2 heterocycles. The molecular weight excluding hydrogens is 230 g/mol. The molecule has 2 aliphatic rings. The van der Waals surface area contributed by atoms with Crippen molar-refractivity contribution < 1.29 is 9.53 Å². The molecule has 0 aromatic heterocycles. The van der Waals surface area contributed by atoms with Crippen LogP contribution >= 0.6 is 0 Å². The van der Waals surface area contributed by atoms with E-state index in [9.17, 15) is 4.79 Å². The molecule has 0 aromatic rings. The van der Waals surface area contributed by atoms with Gasteiger partial charge in [-0.2, -0.15) is 0 Å². The average Bonchev–Trinajstić information content (AvgIpc) is 2.78. The molecule has 1 atom stereocenters. The lowest BCUT2D eigenvalue weighted by Gasteiger charge is -2.30. The maximum atomic E-state index is 11.9. The Hall–Kier alpha value is -0.650. The minimum absolute atomic E-state index is 0.0993. The standard InChI is InChI=1S/C13H25N3O2/c1-13(5-2-8-18-13)10-15-12(17)9-16-6-3-11(14)4-7-16/h11H,2-10,14H2,1H3,(H,15,17). The van der Waals surface area contributed by atoms with Crippen LogP contribution in [-0.4, -0.2) is 55.2 Å². The van der Waals surface area contributed by atoms with Gasteiger partial charge >= 0.3 is 0 Å². The lowest BCUT2D eigenvalue weighted by Crippen LogP contribution is -2.47. The topological polar surface area (TPSA) is 67.6 Å². The SMILES string of the molecule is CC1(CNC(=O)CN2CCC(N)CC2)CCCO1. The summed E-state index contributed by atoms with van der Waals surface area (Å²) in [5, 5.41) is 2.99. The van der Waals surface area contributed by atoms with E-state index in [0.29, 0.717) is 19.1 Å². The van der Waals surface area contributed by atoms with Crippen LogP contribution in [0.25, 0.3) is 0 Å². The number of amides is 1. The van der Waals surface area contributed by atoms with Gasteiger partial charge in [0.1, 0.15) is 0 Å². The zero-order valence-electron chi connectivity index (χ0n) is 11.3. The van der Waals surface area contributed by atoms with E-state index >= 15 is 0 Å². The molecule has 2 saturated heterocycles. The van der Waals surface area contributed by atoms with Crippen molar-refractivity contribution >= 4 is 5.91 Å². The molecule has 2 aliphatic heterocycles. The van der Waals surface area contributed by atoms with E-state index in [-0.39, 0.29) is 11.5 Å². The number of likely N-dealkylation sites (tertiary alicyclic amines) is 1. The minimum atomic E-state index is -0.153. The summed E-state index contributed by atoms with van der Waals surface area (Å²) < 4.78 is 5.65. The fraction of sp³-hybridized carbons (Fsp3) is 0.923. The van der Waals surface area contributed by atoms with Gasteiger partial charge in [-0.05, 0) is 32.6 Å². The van der Waals surface area contributed by atoms with E-state index in [4.69, 9.17) is 10.5 Å². The molecule has 0 saturated carbocycles. The van der Waals surface area contributed by atoms with Gasteiger partial charge in [0.2, 0.25) is 5.91 Å². The first-order valence-electron chi connectivity index (χ1n) is 6.96. The molecular formula is C13H25N3O2. The molecule has 0 aromatic carbocycles. The van der Waals surface area contributed by atoms with Crippen molar-refractivity contribution in [2.24, 2.45) is 5.73 Å². The van der Waals surface area contributed by atoms with E-state index in [1.165, 1.54) is 0 Å². The summed E-state index contributed by atoms with van der Waals surface area (Å²) in [4.78, 5) is 14.0. The fourth-order valence-corrected chi connectivity index (χ4v) is 2.63. The number of nitrogens with one attached hydrogen (secondary N) is 1. The van der Waals surface area contributed by atoms with Crippen molar-refractivity contribution in [1.29, 1.82) is 0 Å². The third kappa shape index (κ3) is 3.93. The van der Waals surface area contributed by atoms with Gasteiger partial charge in [-0.15, -0.1) is 0 Å². The summed E-state index contributed by atoms with van der Waals surface area (Å²) in [5.41, 5.74) is 5.69. The van der Waals surface area contributed by atoms with Crippen LogP contribution in [0.5, 0.6) is 0 Å². The van der Waals surface area contributed by atoms with E-state index < -0.39 is 0 Å². The van der Waals surface area contributed by atoms with Crippen molar-refractivity contribution in [3.05, 3.63) is 0 Å². The zero-order valence-corrected chi connectivity index (χ0v) is 11.3. The number of nitrogens with two attached hydrogens (primary N) is 1. The van der Waals surface area contributed by atoms with Crippen LogP contribution in [0.2, 0.25) is 0 Å². The van der Waals surface area contributed by atoms with E-state index in [0.717, 1.165) is 45.4 Å². The smallest absolute Gasteiger partial charge is 0.234 e. The van der Waals surface area contributed by atoms with Gasteiger partial charge in [-0.3, -0.25) is 9.69 Å². The highest BCUT2D eigenvalue weighted by Gasteiger charge is 2.30. The van der Waals surface area contributed by atoms with Crippen LogP contribution in [0, 0.1) is 0 Å². The third-order valence-corrected chi connectivity index (χ3v) is 3.96. The maximum Gasteiger partial charge on any atom is 0.234 e. The summed E-state index contributed by atoms with van der Waals surface area (Å²) in [6.45, 7) is 5.86. The number of hydrogen-bond donors (Lipinski definition) is 2. The Labute approximate surface area is 109 Å². The number of ether oxygens (including phenoxy) is 1. The zero-order chi connectivity index (χ0) is 13.0. The lowest BCUT2D eigenvalue weighted by atomic mass is 10.0. The summed E-state index contributed by atoms with van der Waals surface area (Å²) in [7, 11) is 0. The summed E-state index contributed by atoms with van der Waals surface area (Å²) in [6.07, 6.45) is 4.12. The number of carbonyl (C=O) groups is 1. The van der Waals surface area contributed by atoms with Crippen molar-refractivity contribution in [2.45, 2.75) is 44.2 Å². The van der Waals surface area contributed by atoms with Gasteiger partial charge < -0.3 is 15.8 Å². The Morgan fingerprint density at radius 2 is 2.22 bits per heavy atom. The van der Waals surface area contributed by atoms with Gasteiger partial charge in [0.05, 0.1) is 12.1 Å². The highest BCUT2D eigenvalue weighted by molar-refractivity contribution is 5.78. The molecule has 18 heavy (non-hydrogen) atoms. The highest BCUT2D eigenvalue weighted by atomic mass is 16.5. The summed E-state index contributed by atoms with van der Waals surface area (Å²) in [5.74, 6) is 0.0993. The Morgan fingerprint density at radius 1 is 1.50 bits per heavy atom. The lowest BCUT2D eigenvalue weighted by molar-refractivity contribution is -0.123. The summed E-state index contributed by atoms with van der Waals surface area (Å²) in [6, 6.07) is 0.315. The molecule has 0 aliphatic carbocycles. The second kappa shape index (κ2) is 5.99. The van der Waals surface area contributed by atoms with Crippen molar-refractivity contribution in [2.75, 3.05) is 32.8 Å². The quantitative estimate of drug-likeness (QED) is 0.747. The largest absolute Gasteiger partial charge is 0.373 e. The second-order valence-electron chi connectivity index (χ2n) is 5.79. The Balaban J connectivity index is 1.66. The monoisotopic (exact) mass is 255 g/mol. The first kappa shape index (κ1) is 13.8. The van der Waals surface area contributed by atoms with Crippen LogP contribution in [-0.2, 0) is 9.53 Å². The Bertz CT molecular complexity index is 282. The highest BCUT2D eigenvalue weighted by Crippen LogP contribution is 2.23. The molecule has 104 valence electrons. The molecule has 5 heteroatoms. The first-order valence-corrected chi connectivity index (χ1v) is 6.96. The van der Waals surface area contributed by atoms with Gasteiger partial charge in [-0.1, -0.05) is 0 Å².